The molecule has 1 fully saturated rings. The third-order valence-corrected chi connectivity index (χ3v) is 7.86. The number of ether oxygens (including phenoxy) is 1. The lowest BCUT2D eigenvalue weighted by atomic mass is 9.87. The summed E-state index contributed by atoms with van der Waals surface area (Å²) in [5.74, 6) is -2.43. The number of amides is 2. The number of nitrogens with one attached hydrogen (secondary N) is 1. The number of piperidine rings is 1. The molecule has 0 unspecified atom stereocenters. The van der Waals surface area contributed by atoms with Crippen molar-refractivity contribution in [2.45, 2.75) is 57.1 Å². The van der Waals surface area contributed by atoms with E-state index in [0.29, 0.717) is 44.6 Å². The van der Waals surface area contributed by atoms with E-state index in [4.69, 9.17) is 4.74 Å². The van der Waals surface area contributed by atoms with Crippen molar-refractivity contribution in [3.8, 4) is 5.75 Å². The van der Waals surface area contributed by atoms with E-state index in [1.807, 2.05) is 42.5 Å². The van der Waals surface area contributed by atoms with Crippen molar-refractivity contribution in [2.75, 3.05) is 31.1 Å². The summed E-state index contributed by atoms with van der Waals surface area (Å²) >= 11 is 0. The van der Waals surface area contributed by atoms with Gasteiger partial charge < -0.3 is 19.9 Å². The number of allylic oxidation sites excluding steroid dienone is 2. The molecule has 6 nitrogen and oxygen atoms in total. The number of benzene rings is 2. The summed E-state index contributed by atoms with van der Waals surface area (Å²) in [6, 6.07) is 14.4. The number of likely N-dealkylation sites (tertiary alicyclic amines) is 1. The van der Waals surface area contributed by atoms with Crippen LogP contribution in [0.2, 0.25) is 0 Å². The molecule has 2 heterocycles. The third kappa shape index (κ3) is 6.32. The second-order valence-corrected chi connectivity index (χ2v) is 10.7. The van der Waals surface area contributed by atoms with Gasteiger partial charge in [0.05, 0.1) is 12.2 Å². The fraction of sp³-hybridized carbons (Fsp3) is 0.419. The summed E-state index contributed by atoms with van der Waals surface area (Å²) in [6.07, 6.45) is 9.54. The highest BCUT2D eigenvalue weighted by Gasteiger charge is 2.40. The molecule has 3 aliphatic rings. The van der Waals surface area contributed by atoms with Crippen molar-refractivity contribution >= 4 is 17.5 Å². The van der Waals surface area contributed by atoms with E-state index < -0.39 is 11.5 Å². The maximum Gasteiger partial charge on any atom is 0.270 e. The molecular formula is C31H35F2N3O3. The maximum atomic E-state index is 13.9. The number of fused-ring (bicyclic) bond motifs is 1. The molecular weight excluding hydrogens is 500 g/mol. The fourth-order valence-electron chi connectivity index (χ4n) is 5.54. The second-order valence-electron chi connectivity index (χ2n) is 10.7. The molecule has 39 heavy (non-hydrogen) atoms. The summed E-state index contributed by atoms with van der Waals surface area (Å²) in [5.41, 5.74) is 1.96. The average molecular weight is 536 g/mol. The number of para-hydroxylation sites is 2. The van der Waals surface area contributed by atoms with Crippen LogP contribution in [0, 0.1) is 0 Å². The molecule has 0 saturated carbocycles. The van der Waals surface area contributed by atoms with Crippen LogP contribution in [-0.2, 0) is 22.1 Å². The molecule has 2 amide bonds. The monoisotopic (exact) mass is 535 g/mol. The fourth-order valence-corrected chi connectivity index (χ4v) is 5.54. The third-order valence-electron chi connectivity index (χ3n) is 7.86. The molecule has 1 N–H and O–H groups in total. The van der Waals surface area contributed by atoms with Crippen molar-refractivity contribution < 1.29 is 23.1 Å². The first-order valence-electron chi connectivity index (χ1n) is 13.7. The molecule has 2 aromatic rings. The van der Waals surface area contributed by atoms with Crippen LogP contribution >= 0.6 is 0 Å². The molecule has 1 saturated heterocycles. The lowest BCUT2D eigenvalue weighted by molar-refractivity contribution is -0.135. The van der Waals surface area contributed by atoms with E-state index in [9.17, 15) is 18.4 Å². The van der Waals surface area contributed by atoms with Gasteiger partial charge in [-0.3, -0.25) is 9.59 Å². The zero-order valence-electron chi connectivity index (χ0n) is 22.3. The molecule has 0 atom stereocenters. The van der Waals surface area contributed by atoms with Crippen LogP contribution in [0.5, 0.6) is 5.75 Å². The van der Waals surface area contributed by atoms with Gasteiger partial charge in [0.1, 0.15) is 11.4 Å². The highest BCUT2D eigenvalue weighted by molar-refractivity contribution is 5.98. The summed E-state index contributed by atoms with van der Waals surface area (Å²) in [4.78, 5) is 29.2. The minimum absolute atomic E-state index is 0.0102. The zero-order chi connectivity index (χ0) is 27.5. The lowest BCUT2D eigenvalue weighted by Crippen LogP contribution is -2.52. The standard InChI is InChI=1S/C31H35F2N3O3/c1-30(32,33)25-11-7-8-23(20-25)22-36-19-16-31(39-27-13-6-5-12-26(27)36)14-17-35(18-15-31)28(37)21-34-29(38)24-9-3-2-4-10-24/h3,5-13,20H,2,4,14-19,21-22H2,1H3,(H,34,38). The normalized spacial score (nSPS) is 18.6. The summed E-state index contributed by atoms with van der Waals surface area (Å²) < 4.78 is 34.5. The van der Waals surface area contributed by atoms with E-state index in [1.165, 1.54) is 6.07 Å². The van der Waals surface area contributed by atoms with Gasteiger partial charge in [-0.1, -0.05) is 48.6 Å². The predicted molar refractivity (Wildman–Crippen MR) is 147 cm³/mol. The Morgan fingerprint density at radius 1 is 1.03 bits per heavy atom. The average Bonchev–Trinajstić information content (AvgIpc) is 3.09. The van der Waals surface area contributed by atoms with Crippen molar-refractivity contribution in [1.82, 2.24) is 10.2 Å². The Kier molecular flexibility index (Phi) is 7.73. The molecule has 2 aromatic carbocycles. The van der Waals surface area contributed by atoms with Crippen LogP contribution < -0.4 is 15.0 Å². The Balaban J connectivity index is 1.22. The van der Waals surface area contributed by atoms with Crippen molar-refractivity contribution in [1.29, 1.82) is 0 Å². The number of anilines is 1. The van der Waals surface area contributed by atoms with Crippen LogP contribution in [0.4, 0.5) is 14.5 Å². The van der Waals surface area contributed by atoms with Crippen molar-refractivity contribution in [3.05, 3.63) is 83.5 Å². The highest BCUT2D eigenvalue weighted by atomic mass is 19.3. The predicted octanol–water partition coefficient (Wildman–Crippen LogP) is 5.34. The minimum Gasteiger partial charge on any atom is -0.485 e. The van der Waals surface area contributed by atoms with Gasteiger partial charge in [-0.2, -0.15) is 0 Å². The van der Waals surface area contributed by atoms with E-state index in [-0.39, 0.29) is 23.9 Å². The summed E-state index contributed by atoms with van der Waals surface area (Å²) in [5, 5.41) is 2.75. The molecule has 0 radical (unpaired) electrons. The number of alkyl halides is 2. The Morgan fingerprint density at radius 3 is 2.54 bits per heavy atom. The minimum atomic E-state index is -2.89. The van der Waals surface area contributed by atoms with Gasteiger partial charge in [0.2, 0.25) is 5.91 Å². The number of carbonyl (C=O) groups is 2. The lowest BCUT2D eigenvalue weighted by Gasteiger charge is -2.41. The Hall–Kier alpha value is -3.68. The van der Waals surface area contributed by atoms with Gasteiger partial charge in [-0.25, -0.2) is 8.78 Å². The summed E-state index contributed by atoms with van der Waals surface area (Å²) in [7, 11) is 0. The topological polar surface area (TPSA) is 61.9 Å². The molecule has 5 rings (SSSR count). The number of halogens is 2. The maximum absolute atomic E-state index is 13.9. The quantitative estimate of drug-likeness (QED) is 0.543. The van der Waals surface area contributed by atoms with Gasteiger partial charge >= 0.3 is 0 Å². The smallest absolute Gasteiger partial charge is 0.270 e. The molecule has 8 heteroatoms. The van der Waals surface area contributed by atoms with Crippen molar-refractivity contribution in [2.24, 2.45) is 0 Å². The van der Waals surface area contributed by atoms with Gasteiger partial charge in [0, 0.05) is 63.5 Å². The molecule has 1 spiro atoms. The summed E-state index contributed by atoms with van der Waals surface area (Å²) in [6.45, 7) is 3.19. The Morgan fingerprint density at radius 2 is 1.79 bits per heavy atom. The van der Waals surface area contributed by atoms with Gasteiger partial charge in [0.15, 0.2) is 0 Å². The van der Waals surface area contributed by atoms with E-state index >= 15 is 0 Å². The molecule has 0 bridgehead atoms. The number of rotatable bonds is 6. The number of hydrogen-bond donors (Lipinski definition) is 1. The van der Waals surface area contributed by atoms with Gasteiger partial charge in [-0.15, -0.1) is 0 Å². The van der Waals surface area contributed by atoms with Crippen molar-refractivity contribution in [3.63, 3.8) is 0 Å². The van der Waals surface area contributed by atoms with Crippen LogP contribution in [0.1, 0.15) is 50.2 Å². The Labute approximate surface area is 228 Å². The largest absolute Gasteiger partial charge is 0.485 e. The molecule has 2 aliphatic heterocycles. The second kappa shape index (κ2) is 11.2. The highest BCUT2D eigenvalue weighted by Crippen LogP contribution is 2.41. The van der Waals surface area contributed by atoms with E-state index in [0.717, 1.165) is 43.2 Å². The molecule has 1 aliphatic carbocycles. The molecule has 0 aromatic heterocycles. The molecule has 206 valence electrons. The van der Waals surface area contributed by atoms with Gasteiger partial charge in [0.25, 0.3) is 11.8 Å². The van der Waals surface area contributed by atoms with E-state index in [1.54, 1.807) is 23.1 Å². The van der Waals surface area contributed by atoms with Gasteiger partial charge in [-0.05, 0) is 36.6 Å². The number of nitrogens with zero attached hydrogens (tertiary/aromatic N) is 2. The number of hydrogen-bond acceptors (Lipinski definition) is 4. The SMILES string of the molecule is CC(F)(F)c1cccc(CN2CCC3(CCN(C(=O)CNC(=O)C4=CCCC=C4)CC3)Oc3ccccc32)c1. The zero-order valence-corrected chi connectivity index (χ0v) is 22.3. The van der Waals surface area contributed by atoms with Crippen LogP contribution in [0.15, 0.2) is 72.3 Å². The van der Waals surface area contributed by atoms with Crippen LogP contribution in [0.25, 0.3) is 0 Å². The first-order chi connectivity index (χ1) is 18.7. The first kappa shape index (κ1) is 26.9. The van der Waals surface area contributed by atoms with Crippen LogP contribution in [0.3, 0.4) is 0 Å². The van der Waals surface area contributed by atoms with Crippen LogP contribution in [-0.4, -0.2) is 48.5 Å². The first-order valence-corrected chi connectivity index (χ1v) is 13.7. The van der Waals surface area contributed by atoms with E-state index in [2.05, 4.69) is 10.2 Å². The Bertz CT molecular complexity index is 1280. The number of carbonyl (C=O) groups excluding carboxylic acids is 2.